The van der Waals surface area contributed by atoms with Crippen molar-refractivity contribution in [3.63, 3.8) is 0 Å². The van der Waals surface area contributed by atoms with E-state index in [0.29, 0.717) is 0 Å². The predicted octanol–water partition coefficient (Wildman–Crippen LogP) is 3.83. The van der Waals surface area contributed by atoms with Gasteiger partial charge in [0.05, 0.1) is 11.3 Å². The number of anilines is 1. The summed E-state index contributed by atoms with van der Waals surface area (Å²) in [5.41, 5.74) is -0.153. The second-order valence-electron chi connectivity index (χ2n) is 4.09. The molecule has 1 atom stereocenters. The van der Waals surface area contributed by atoms with Gasteiger partial charge in [-0.15, -0.1) is 0 Å². The lowest BCUT2D eigenvalue weighted by molar-refractivity contribution is 0.506. The van der Waals surface area contributed by atoms with E-state index in [1.807, 2.05) is 6.92 Å². The maximum absolute atomic E-state index is 13.5. The van der Waals surface area contributed by atoms with E-state index < -0.39 is 11.6 Å². The minimum atomic E-state index is -1.08. The van der Waals surface area contributed by atoms with Crippen molar-refractivity contribution in [2.24, 2.45) is 0 Å². The number of halogens is 2. The van der Waals surface area contributed by atoms with Crippen molar-refractivity contribution in [2.75, 3.05) is 5.32 Å². The number of unbranched alkanes of at least 4 members (excludes halogenated alkanes) is 1. The number of benzene rings is 1. The second kappa shape index (κ2) is 6.19. The van der Waals surface area contributed by atoms with E-state index in [0.717, 1.165) is 19.3 Å². The Hall–Kier alpha value is -1.63. The Morgan fingerprint density at radius 1 is 1.35 bits per heavy atom. The highest BCUT2D eigenvalue weighted by Gasteiger charge is 2.14. The predicted molar refractivity (Wildman–Crippen MR) is 63.7 cm³/mol. The number of nitrogens with zero attached hydrogens (tertiary/aromatic N) is 1. The average molecular weight is 238 g/mol. The molecule has 0 heterocycles. The minimum absolute atomic E-state index is 0.0804. The molecule has 92 valence electrons. The van der Waals surface area contributed by atoms with E-state index in [1.165, 1.54) is 12.1 Å². The number of rotatable bonds is 5. The molecule has 1 N–H and O–H groups in total. The Labute approximate surface area is 100 Å². The summed E-state index contributed by atoms with van der Waals surface area (Å²) in [7, 11) is 0. The maximum atomic E-state index is 13.5. The third-order valence-corrected chi connectivity index (χ3v) is 2.60. The quantitative estimate of drug-likeness (QED) is 0.846. The molecule has 0 radical (unpaired) electrons. The number of nitrogens with one attached hydrogen (secondary N) is 1. The maximum Gasteiger partial charge on any atom is 0.183 e. The molecular weight excluding hydrogens is 222 g/mol. The fourth-order valence-electron chi connectivity index (χ4n) is 1.60. The van der Waals surface area contributed by atoms with Gasteiger partial charge in [0.1, 0.15) is 6.07 Å². The zero-order chi connectivity index (χ0) is 12.8. The van der Waals surface area contributed by atoms with Crippen LogP contribution in [0.15, 0.2) is 12.1 Å². The van der Waals surface area contributed by atoms with Gasteiger partial charge in [-0.1, -0.05) is 19.8 Å². The van der Waals surface area contributed by atoms with Crippen LogP contribution >= 0.6 is 0 Å². The summed E-state index contributed by atoms with van der Waals surface area (Å²) in [6.45, 7) is 4.00. The number of nitriles is 1. The van der Waals surface area contributed by atoms with Crippen LogP contribution in [0.25, 0.3) is 0 Å². The Morgan fingerprint density at radius 3 is 2.65 bits per heavy atom. The van der Waals surface area contributed by atoms with Gasteiger partial charge in [0.25, 0.3) is 0 Å². The molecule has 1 aromatic rings. The summed E-state index contributed by atoms with van der Waals surface area (Å²) < 4.78 is 26.9. The van der Waals surface area contributed by atoms with E-state index in [9.17, 15) is 8.78 Å². The summed E-state index contributed by atoms with van der Waals surface area (Å²) in [5.74, 6) is -2.06. The molecule has 0 bridgehead atoms. The molecule has 0 saturated heterocycles. The molecule has 2 nitrogen and oxygen atoms in total. The van der Waals surface area contributed by atoms with E-state index in [-0.39, 0.29) is 17.3 Å². The zero-order valence-electron chi connectivity index (χ0n) is 10.1. The highest BCUT2D eigenvalue weighted by Crippen LogP contribution is 2.21. The molecule has 0 spiro atoms. The molecule has 0 fully saturated rings. The number of hydrogen-bond donors (Lipinski definition) is 1. The van der Waals surface area contributed by atoms with Gasteiger partial charge in [0, 0.05) is 6.04 Å². The summed E-state index contributed by atoms with van der Waals surface area (Å²) in [4.78, 5) is 0. The fraction of sp³-hybridized carbons (Fsp3) is 0.462. The topological polar surface area (TPSA) is 35.8 Å². The first-order valence-corrected chi connectivity index (χ1v) is 5.74. The third kappa shape index (κ3) is 3.42. The van der Waals surface area contributed by atoms with Crippen LogP contribution in [-0.4, -0.2) is 6.04 Å². The monoisotopic (exact) mass is 238 g/mol. The fourth-order valence-corrected chi connectivity index (χ4v) is 1.60. The van der Waals surface area contributed by atoms with Crippen molar-refractivity contribution in [3.05, 3.63) is 29.3 Å². The third-order valence-electron chi connectivity index (χ3n) is 2.60. The summed E-state index contributed by atoms with van der Waals surface area (Å²) in [6.07, 6.45) is 3.00. The van der Waals surface area contributed by atoms with Crippen LogP contribution < -0.4 is 5.32 Å². The second-order valence-corrected chi connectivity index (χ2v) is 4.09. The largest absolute Gasteiger partial charge is 0.380 e. The average Bonchev–Trinajstić information content (AvgIpc) is 2.33. The van der Waals surface area contributed by atoms with Crippen molar-refractivity contribution in [2.45, 2.75) is 39.2 Å². The Morgan fingerprint density at radius 2 is 2.06 bits per heavy atom. The first-order valence-electron chi connectivity index (χ1n) is 5.74. The normalized spacial score (nSPS) is 11.9. The zero-order valence-corrected chi connectivity index (χ0v) is 10.1. The van der Waals surface area contributed by atoms with Crippen LogP contribution in [0.1, 0.15) is 38.7 Å². The Balaban J connectivity index is 2.79. The lowest BCUT2D eigenvalue weighted by atomic mass is 10.1. The van der Waals surface area contributed by atoms with Crippen molar-refractivity contribution in [3.8, 4) is 6.07 Å². The SMILES string of the molecule is CCCCC(C)Nc1ccc(C#N)c(F)c1F. The molecule has 0 aliphatic rings. The van der Waals surface area contributed by atoms with Gasteiger partial charge in [-0.3, -0.25) is 0 Å². The van der Waals surface area contributed by atoms with Gasteiger partial charge >= 0.3 is 0 Å². The van der Waals surface area contributed by atoms with E-state index in [1.54, 1.807) is 6.07 Å². The molecule has 17 heavy (non-hydrogen) atoms. The van der Waals surface area contributed by atoms with Crippen LogP contribution in [0.4, 0.5) is 14.5 Å². The molecule has 1 rings (SSSR count). The molecule has 4 heteroatoms. The van der Waals surface area contributed by atoms with Crippen LogP contribution in [0, 0.1) is 23.0 Å². The summed E-state index contributed by atoms with van der Waals surface area (Å²) in [6, 6.07) is 4.38. The molecule has 0 saturated carbocycles. The Kier molecular flexibility index (Phi) is 4.89. The smallest absolute Gasteiger partial charge is 0.183 e. The van der Waals surface area contributed by atoms with Crippen LogP contribution in [-0.2, 0) is 0 Å². The first-order chi connectivity index (χ1) is 8.10. The Bertz CT molecular complexity index is 424. The van der Waals surface area contributed by atoms with Crippen LogP contribution in [0.3, 0.4) is 0 Å². The van der Waals surface area contributed by atoms with Gasteiger partial charge in [-0.2, -0.15) is 5.26 Å². The van der Waals surface area contributed by atoms with Crippen molar-refractivity contribution >= 4 is 5.69 Å². The molecular formula is C13H16F2N2. The summed E-state index contributed by atoms with van der Waals surface area (Å²) in [5, 5.41) is 11.5. The molecule has 0 aromatic heterocycles. The van der Waals surface area contributed by atoms with Crippen molar-refractivity contribution < 1.29 is 8.78 Å². The lowest BCUT2D eigenvalue weighted by Crippen LogP contribution is -2.16. The number of hydrogen-bond acceptors (Lipinski definition) is 2. The van der Waals surface area contributed by atoms with E-state index in [4.69, 9.17) is 5.26 Å². The van der Waals surface area contributed by atoms with Crippen LogP contribution in [0.2, 0.25) is 0 Å². The molecule has 0 aliphatic heterocycles. The van der Waals surface area contributed by atoms with Gasteiger partial charge in [0.15, 0.2) is 11.6 Å². The van der Waals surface area contributed by atoms with Crippen molar-refractivity contribution in [1.29, 1.82) is 5.26 Å². The molecule has 1 aromatic carbocycles. The highest BCUT2D eigenvalue weighted by atomic mass is 19.2. The summed E-state index contributed by atoms with van der Waals surface area (Å²) >= 11 is 0. The molecule has 0 amide bonds. The minimum Gasteiger partial charge on any atom is -0.380 e. The lowest BCUT2D eigenvalue weighted by Gasteiger charge is -2.15. The van der Waals surface area contributed by atoms with Gasteiger partial charge in [0.2, 0.25) is 0 Å². The standard InChI is InChI=1S/C13H16F2N2/c1-3-4-5-9(2)17-11-7-6-10(8-16)12(14)13(11)15/h6-7,9,17H,3-5H2,1-2H3. The van der Waals surface area contributed by atoms with Crippen molar-refractivity contribution in [1.82, 2.24) is 0 Å². The van der Waals surface area contributed by atoms with E-state index in [2.05, 4.69) is 12.2 Å². The highest BCUT2D eigenvalue weighted by molar-refractivity contribution is 5.50. The van der Waals surface area contributed by atoms with Gasteiger partial charge in [-0.25, -0.2) is 8.78 Å². The van der Waals surface area contributed by atoms with Crippen LogP contribution in [0.5, 0.6) is 0 Å². The molecule has 1 unspecified atom stereocenters. The first kappa shape index (κ1) is 13.4. The van der Waals surface area contributed by atoms with E-state index >= 15 is 0 Å². The van der Waals surface area contributed by atoms with Gasteiger partial charge in [-0.05, 0) is 25.5 Å². The van der Waals surface area contributed by atoms with Gasteiger partial charge < -0.3 is 5.32 Å². The molecule has 0 aliphatic carbocycles.